The molecular weight excluding hydrogens is 242 g/mol. The van der Waals surface area contributed by atoms with E-state index in [0.717, 1.165) is 12.8 Å². The number of unbranched alkanes of at least 4 members (excludes halogenated alkanes) is 3. The van der Waals surface area contributed by atoms with Crippen LogP contribution in [-0.2, 0) is 0 Å². The van der Waals surface area contributed by atoms with Crippen LogP contribution in [-0.4, -0.2) is 30.9 Å². The van der Waals surface area contributed by atoms with Crippen molar-refractivity contribution in [3.05, 3.63) is 23.8 Å². The Kier molecular flexibility index (Phi) is 10.5. The van der Waals surface area contributed by atoms with Crippen molar-refractivity contribution >= 4 is 11.6 Å². The molecule has 0 aliphatic carbocycles. The first kappa shape index (κ1) is 17.7. The number of halogens is 1. The second-order valence-corrected chi connectivity index (χ2v) is 5.62. The van der Waals surface area contributed by atoms with Crippen molar-refractivity contribution in [2.75, 3.05) is 20.0 Å². The third kappa shape index (κ3) is 7.94. The number of hydrogen-bond acceptors (Lipinski definition) is 1. The number of likely N-dealkylation sites (N-methyl/N-ethyl adjacent to an activating group) is 1. The predicted molar refractivity (Wildman–Crippen MR) is 84.5 cm³/mol. The highest BCUT2D eigenvalue weighted by Crippen LogP contribution is 2.17. The minimum absolute atomic E-state index is 0.465. The third-order valence-corrected chi connectivity index (χ3v) is 3.69. The van der Waals surface area contributed by atoms with E-state index >= 15 is 0 Å². The molecule has 0 aromatic carbocycles. The van der Waals surface area contributed by atoms with Gasteiger partial charge in [0.1, 0.15) is 0 Å². The van der Waals surface area contributed by atoms with Crippen LogP contribution < -0.4 is 0 Å². The van der Waals surface area contributed by atoms with Crippen LogP contribution in [0.15, 0.2) is 23.8 Å². The molecule has 0 rings (SSSR count). The Labute approximate surface area is 119 Å². The summed E-state index contributed by atoms with van der Waals surface area (Å²) in [5.41, 5.74) is 2.63. The van der Waals surface area contributed by atoms with E-state index in [0.29, 0.717) is 11.9 Å². The number of rotatable bonds is 10. The highest BCUT2D eigenvalue weighted by Gasteiger charge is 2.12. The van der Waals surface area contributed by atoms with Crippen molar-refractivity contribution in [1.82, 2.24) is 4.90 Å². The van der Waals surface area contributed by atoms with Gasteiger partial charge in [0.05, 0.1) is 0 Å². The zero-order valence-corrected chi connectivity index (χ0v) is 13.4. The van der Waals surface area contributed by atoms with E-state index < -0.39 is 0 Å². The fourth-order valence-electron chi connectivity index (χ4n) is 2.19. The summed E-state index contributed by atoms with van der Waals surface area (Å²) in [6.07, 6.45) is 9.61. The molecule has 0 aliphatic rings. The fraction of sp³-hybridized carbons (Fsp3) is 0.750. The minimum Gasteiger partial charge on any atom is -0.303 e. The molecule has 1 unspecified atom stereocenters. The molecule has 0 fully saturated rings. The van der Waals surface area contributed by atoms with Crippen molar-refractivity contribution in [2.45, 2.75) is 58.4 Å². The average Bonchev–Trinajstić information content (AvgIpc) is 2.31. The van der Waals surface area contributed by atoms with Crippen molar-refractivity contribution < 1.29 is 0 Å². The Balaban J connectivity index is 4.15. The van der Waals surface area contributed by atoms with Gasteiger partial charge in [-0.15, -0.1) is 11.6 Å². The van der Waals surface area contributed by atoms with Crippen molar-refractivity contribution in [1.29, 1.82) is 0 Å². The molecule has 0 aliphatic heterocycles. The van der Waals surface area contributed by atoms with Crippen LogP contribution >= 0.6 is 11.6 Å². The number of alkyl halides is 1. The van der Waals surface area contributed by atoms with Crippen molar-refractivity contribution in [3.63, 3.8) is 0 Å². The summed E-state index contributed by atoms with van der Waals surface area (Å²) < 4.78 is 0. The number of hydrogen-bond donors (Lipinski definition) is 0. The second kappa shape index (κ2) is 10.6. The number of nitrogens with zero attached hydrogens (tertiary/aromatic N) is 1. The molecule has 0 saturated carbocycles. The molecule has 2 heteroatoms. The maximum atomic E-state index is 6.02. The zero-order valence-electron chi connectivity index (χ0n) is 12.6. The van der Waals surface area contributed by atoms with Gasteiger partial charge in [-0.2, -0.15) is 0 Å². The molecule has 0 bridgehead atoms. The molecule has 0 heterocycles. The number of allylic oxidation sites excluding steroid dienone is 2. The zero-order chi connectivity index (χ0) is 14.0. The van der Waals surface area contributed by atoms with Crippen LogP contribution in [0, 0.1) is 0 Å². The van der Waals surface area contributed by atoms with Gasteiger partial charge in [0.2, 0.25) is 0 Å². The van der Waals surface area contributed by atoms with E-state index in [1.165, 1.54) is 36.8 Å². The van der Waals surface area contributed by atoms with E-state index in [9.17, 15) is 0 Å². The fourth-order valence-corrected chi connectivity index (χ4v) is 2.43. The minimum atomic E-state index is 0.465. The topological polar surface area (TPSA) is 3.24 Å². The standard InChI is InChI=1S/C16H30ClN/c1-6-7-8-9-10-15(13-17)11-12-16(14(2)3)18(4)5/h10,16H,2,6-9,11-13H2,1,3-5H3/b15-10-. The van der Waals surface area contributed by atoms with E-state index in [4.69, 9.17) is 11.6 Å². The maximum Gasteiger partial charge on any atom is 0.0433 e. The molecule has 0 spiro atoms. The van der Waals surface area contributed by atoms with Crippen LogP contribution in [0.1, 0.15) is 52.4 Å². The Morgan fingerprint density at radius 1 is 1.33 bits per heavy atom. The summed E-state index contributed by atoms with van der Waals surface area (Å²) in [5.74, 6) is 0.669. The first-order valence-electron chi connectivity index (χ1n) is 7.08. The Morgan fingerprint density at radius 2 is 2.00 bits per heavy atom. The lowest BCUT2D eigenvalue weighted by Gasteiger charge is -2.25. The van der Waals surface area contributed by atoms with Gasteiger partial charge in [0, 0.05) is 11.9 Å². The molecule has 0 N–H and O–H groups in total. The molecule has 0 saturated heterocycles. The van der Waals surface area contributed by atoms with Crippen molar-refractivity contribution in [2.24, 2.45) is 0 Å². The smallest absolute Gasteiger partial charge is 0.0433 e. The Morgan fingerprint density at radius 3 is 2.44 bits per heavy atom. The first-order valence-corrected chi connectivity index (χ1v) is 7.62. The van der Waals surface area contributed by atoms with Gasteiger partial charge >= 0.3 is 0 Å². The van der Waals surface area contributed by atoms with E-state index in [1.807, 2.05) is 0 Å². The molecule has 0 aromatic rings. The summed E-state index contributed by atoms with van der Waals surface area (Å²) in [6, 6.07) is 0.465. The van der Waals surface area contributed by atoms with E-state index in [2.05, 4.69) is 45.5 Å². The van der Waals surface area contributed by atoms with E-state index in [1.54, 1.807) is 0 Å². The maximum absolute atomic E-state index is 6.02. The van der Waals surface area contributed by atoms with Gasteiger partial charge in [-0.05, 0) is 46.7 Å². The van der Waals surface area contributed by atoms with Gasteiger partial charge in [-0.3, -0.25) is 0 Å². The lowest BCUT2D eigenvalue weighted by Crippen LogP contribution is -2.28. The summed E-state index contributed by atoms with van der Waals surface area (Å²) in [6.45, 7) is 8.42. The third-order valence-electron chi connectivity index (χ3n) is 3.34. The van der Waals surface area contributed by atoms with E-state index in [-0.39, 0.29) is 0 Å². The lowest BCUT2D eigenvalue weighted by atomic mass is 10.00. The van der Waals surface area contributed by atoms with Gasteiger partial charge in [-0.25, -0.2) is 0 Å². The molecule has 18 heavy (non-hydrogen) atoms. The SMILES string of the molecule is C=C(C)C(CC/C(=C/CCCCC)CCl)N(C)C. The van der Waals surface area contributed by atoms with Gasteiger partial charge in [0.15, 0.2) is 0 Å². The largest absolute Gasteiger partial charge is 0.303 e. The molecule has 0 amide bonds. The molecule has 0 aromatic heterocycles. The predicted octanol–water partition coefficient (Wildman–Crippen LogP) is 5.02. The summed E-state index contributed by atoms with van der Waals surface area (Å²) in [4.78, 5) is 2.24. The van der Waals surface area contributed by atoms with Crippen LogP contribution in [0.3, 0.4) is 0 Å². The molecule has 1 atom stereocenters. The van der Waals surface area contributed by atoms with Gasteiger partial charge in [-0.1, -0.05) is 43.6 Å². The van der Waals surface area contributed by atoms with Crippen LogP contribution in [0.25, 0.3) is 0 Å². The van der Waals surface area contributed by atoms with Crippen LogP contribution in [0.4, 0.5) is 0 Å². The average molecular weight is 272 g/mol. The van der Waals surface area contributed by atoms with Crippen LogP contribution in [0.5, 0.6) is 0 Å². The summed E-state index contributed by atoms with van der Waals surface area (Å²) in [5, 5.41) is 0. The van der Waals surface area contributed by atoms with Gasteiger partial charge < -0.3 is 4.90 Å². The monoisotopic (exact) mass is 271 g/mol. The summed E-state index contributed by atoms with van der Waals surface area (Å²) in [7, 11) is 4.23. The molecular formula is C16H30ClN. The highest BCUT2D eigenvalue weighted by atomic mass is 35.5. The lowest BCUT2D eigenvalue weighted by molar-refractivity contribution is 0.315. The van der Waals surface area contributed by atoms with Crippen LogP contribution in [0.2, 0.25) is 0 Å². The van der Waals surface area contributed by atoms with Gasteiger partial charge in [0.25, 0.3) is 0 Å². The van der Waals surface area contributed by atoms with Crippen molar-refractivity contribution in [3.8, 4) is 0 Å². The molecule has 106 valence electrons. The molecule has 1 nitrogen and oxygen atoms in total. The quantitative estimate of drug-likeness (QED) is 0.306. The summed E-state index contributed by atoms with van der Waals surface area (Å²) >= 11 is 6.02. The highest BCUT2D eigenvalue weighted by molar-refractivity contribution is 6.19. The first-order chi connectivity index (χ1) is 8.52. The molecule has 0 radical (unpaired) electrons. The normalized spacial score (nSPS) is 14.0. The Bertz CT molecular complexity index is 256. The Hall–Kier alpha value is -0.270. The second-order valence-electron chi connectivity index (χ2n) is 5.36.